The molecule has 0 radical (unpaired) electrons. The van der Waals surface area contributed by atoms with Crippen molar-refractivity contribution in [2.24, 2.45) is 74.9 Å². The number of Topliss-reactive ketones (excluding diaryl/α,β-unsaturated/α-hetero) is 2. The Labute approximate surface area is 310 Å². The molecule has 5 nitrogen and oxygen atoms in total. The molecule has 7 rings (SSSR count). The highest BCUT2D eigenvalue weighted by Gasteiger charge is 2.66. The summed E-state index contributed by atoms with van der Waals surface area (Å²) >= 11 is 0. The third kappa shape index (κ3) is 5.79. The molecule has 0 aliphatic heterocycles. The van der Waals surface area contributed by atoms with Gasteiger partial charge in [-0.2, -0.15) is 8.78 Å². The molecule has 0 heterocycles. The van der Waals surface area contributed by atoms with Gasteiger partial charge in [-0.3, -0.25) is 19.7 Å². The fourth-order valence-electron chi connectivity index (χ4n) is 14.3. The maximum Gasteiger partial charge on any atom is 0.329 e. The number of allylic oxidation sites excluding steroid dienone is 2. The number of carboxylic acid groups (broad SMARTS) is 1. The molecule has 7 heteroatoms. The van der Waals surface area contributed by atoms with Crippen molar-refractivity contribution >= 4 is 17.5 Å². The molecule has 6 aliphatic rings. The van der Waals surface area contributed by atoms with Crippen molar-refractivity contribution < 1.29 is 28.3 Å². The molecule has 0 spiro atoms. The number of aliphatic carboxylic acids is 1. The van der Waals surface area contributed by atoms with E-state index in [1.165, 1.54) is 17.7 Å². The van der Waals surface area contributed by atoms with Crippen LogP contribution >= 0.6 is 0 Å². The lowest BCUT2D eigenvalue weighted by Gasteiger charge is -2.69. The lowest BCUT2D eigenvalue weighted by atomic mass is 9.35. The SMILES string of the molecule is CC(C)C1=C2C3CCC4C(C)(CCC5C(C)(C)C(CC(=O)C6CC(C(=O)O)C6C)CCC54C)C3CCC2(CCNC(F)(F)c2ccccc2)CC1=O. The van der Waals surface area contributed by atoms with Crippen molar-refractivity contribution in [1.82, 2.24) is 5.32 Å². The predicted molar refractivity (Wildman–Crippen MR) is 199 cm³/mol. The van der Waals surface area contributed by atoms with E-state index in [2.05, 4.69) is 46.9 Å². The van der Waals surface area contributed by atoms with Crippen molar-refractivity contribution in [3.05, 3.63) is 47.0 Å². The van der Waals surface area contributed by atoms with Gasteiger partial charge in [0.2, 0.25) is 0 Å². The molecule has 6 aliphatic carbocycles. The average Bonchev–Trinajstić information content (AvgIpc) is 3.37. The van der Waals surface area contributed by atoms with Crippen LogP contribution in [0.4, 0.5) is 8.78 Å². The molecule has 2 N–H and O–H groups in total. The molecule has 0 aromatic heterocycles. The van der Waals surface area contributed by atoms with Crippen LogP contribution in [0.15, 0.2) is 41.5 Å². The molecule has 52 heavy (non-hydrogen) atoms. The number of nitrogens with one attached hydrogen (secondary N) is 1. The lowest BCUT2D eigenvalue weighted by molar-refractivity contribution is -0.193. The molecule has 1 aromatic rings. The van der Waals surface area contributed by atoms with Gasteiger partial charge in [-0.05, 0) is 127 Å². The van der Waals surface area contributed by atoms with Crippen molar-refractivity contribution in [2.75, 3.05) is 6.54 Å². The Kier molecular flexibility index (Phi) is 9.56. The molecule has 0 saturated heterocycles. The number of fused-ring (bicyclic) bond motifs is 7. The molecule has 0 bridgehead atoms. The highest BCUT2D eigenvalue weighted by atomic mass is 19.3. The van der Waals surface area contributed by atoms with Crippen molar-refractivity contribution in [3.8, 4) is 0 Å². The second kappa shape index (κ2) is 13.1. The number of ketones is 2. The second-order valence-electron chi connectivity index (χ2n) is 19.8. The number of rotatable bonds is 10. The van der Waals surface area contributed by atoms with Crippen LogP contribution in [-0.4, -0.2) is 29.2 Å². The van der Waals surface area contributed by atoms with Gasteiger partial charge >= 0.3 is 12.0 Å². The maximum atomic E-state index is 15.2. The summed E-state index contributed by atoms with van der Waals surface area (Å²) in [7, 11) is 0. The maximum absolute atomic E-state index is 15.2. The van der Waals surface area contributed by atoms with E-state index in [0.29, 0.717) is 55.3 Å². The number of benzene rings is 1. The van der Waals surface area contributed by atoms with E-state index >= 15 is 8.78 Å². The van der Waals surface area contributed by atoms with E-state index in [1.807, 2.05) is 6.92 Å². The highest BCUT2D eigenvalue weighted by Crippen LogP contribution is 2.74. The normalized spacial score (nSPS) is 41.1. The number of carboxylic acids is 1. The molecule has 286 valence electrons. The van der Waals surface area contributed by atoms with Crippen molar-refractivity contribution in [3.63, 3.8) is 0 Å². The number of alkyl halides is 2. The van der Waals surface area contributed by atoms with Gasteiger partial charge in [0, 0.05) is 36.3 Å². The van der Waals surface area contributed by atoms with Gasteiger partial charge in [0.1, 0.15) is 5.78 Å². The summed E-state index contributed by atoms with van der Waals surface area (Å²) in [5, 5.41) is 12.1. The lowest BCUT2D eigenvalue weighted by Crippen LogP contribution is -2.62. The Bertz CT molecular complexity index is 1620. The van der Waals surface area contributed by atoms with Crippen molar-refractivity contribution in [2.45, 2.75) is 132 Å². The van der Waals surface area contributed by atoms with Crippen LogP contribution in [0.2, 0.25) is 0 Å². The second-order valence-corrected chi connectivity index (χ2v) is 19.8. The zero-order valence-electron chi connectivity index (χ0n) is 32.7. The molecule has 11 atom stereocenters. The molecular formula is C45H63F2NO4. The first-order chi connectivity index (χ1) is 24.4. The first-order valence-electron chi connectivity index (χ1n) is 20.6. The minimum absolute atomic E-state index is 0.0156. The third-order valence-electron chi connectivity index (χ3n) is 17.0. The minimum atomic E-state index is -3.12. The number of carbonyl (C=O) groups excluding carboxylic acids is 2. The Morgan fingerprint density at radius 2 is 1.62 bits per heavy atom. The largest absolute Gasteiger partial charge is 0.481 e. The summed E-state index contributed by atoms with van der Waals surface area (Å²) < 4.78 is 30.5. The van der Waals surface area contributed by atoms with Gasteiger partial charge in [0.15, 0.2) is 5.78 Å². The average molecular weight is 720 g/mol. The summed E-state index contributed by atoms with van der Waals surface area (Å²) in [6.07, 6.45) is 10.7. The van der Waals surface area contributed by atoms with Gasteiger partial charge in [-0.15, -0.1) is 0 Å². The molecule has 1 aromatic carbocycles. The fourth-order valence-corrected chi connectivity index (χ4v) is 14.3. The van der Waals surface area contributed by atoms with E-state index in [0.717, 1.165) is 56.9 Å². The van der Waals surface area contributed by atoms with Crippen LogP contribution in [0.5, 0.6) is 0 Å². The number of carbonyl (C=O) groups is 3. The number of hydrogen-bond acceptors (Lipinski definition) is 4. The molecule has 5 fully saturated rings. The monoisotopic (exact) mass is 719 g/mol. The smallest absolute Gasteiger partial charge is 0.329 e. The highest BCUT2D eigenvalue weighted by molar-refractivity contribution is 6.00. The van der Waals surface area contributed by atoms with Gasteiger partial charge in [0.05, 0.1) is 5.92 Å². The third-order valence-corrected chi connectivity index (χ3v) is 17.0. The number of halogens is 2. The topological polar surface area (TPSA) is 83.5 Å². The zero-order valence-corrected chi connectivity index (χ0v) is 32.7. The number of hydrogen-bond donors (Lipinski definition) is 2. The first-order valence-corrected chi connectivity index (χ1v) is 20.6. The first kappa shape index (κ1) is 37.9. The standard InChI is InChI=1S/C45H63F2NO4/c1-26(2)38-35(50)25-44(21-22-48-45(46,47)28-11-9-8-10-12-28)20-16-33-30(39(38)44)13-14-37-42(33,6)19-17-36-41(4,5)29(15-18-43(36,37)7)23-34(49)31-24-32(27(31)3)40(51)52/h8-12,26-27,29-33,36-37,48H,13-25H2,1-7H3,(H,51,52). The van der Waals surface area contributed by atoms with Gasteiger partial charge in [-0.1, -0.05) is 84.4 Å². The summed E-state index contributed by atoms with van der Waals surface area (Å²) in [4.78, 5) is 39.0. The van der Waals surface area contributed by atoms with Crippen molar-refractivity contribution in [1.29, 1.82) is 0 Å². The van der Waals surface area contributed by atoms with Crippen LogP contribution in [0.25, 0.3) is 0 Å². The summed E-state index contributed by atoms with van der Waals surface area (Å²) in [6.45, 7) is 16.3. The van der Waals surface area contributed by atoms with Crippen LogP contribution < -0.4 is 5.32 Å². The van der Waals surface area contributed by atoms with Crippen LogP contribution in [0.3, 0.4) is 0 Å². The minimum Gasteiger partial charge on any atom is -0.481 e. The van der Waals surface area contributed by atoms with E-state index in [4.69, 9.17) is 0 Å². The van der Waals surface area contributed by atoms with E-state index in [9.17, 15) is 19.5 Å². The summed E-state index contributed by atoms with van der Waals surface area (Å²) in [5.74, 6) is 1.51. The molecule has 0 amide bonds. The quantitative estimate of drug-likeness (QED) is 0.235. The Morgan fingerprint density at radius 3 is 2.27 bits per heavy atom. The predicted octanol–water partition coefficient (Wildman–Crippen LogP) is 10.2. The Balaban J connectivity index is 1.10. The summed E-state index contributed by atoms with van der Waals surface area (Å²) in [5.41, 5.74) is 2.32. The Hall–Kier alpha value is -2.41. The molecule has 5 saturated carbocycles. The van der Waals surface area contributed by atoms with Crippen LogP contribution in [-0.2, 0) is 20.4 Å². The van der Waals surface area contributed by atoms with E-state index < -0.39 is 12.0 Å². The molecular weight excluding hydrogens is 656 g/mol. The van der Waals surface area contributed by atoms with Gasteiger partial charge in [0.25, 0.3) is 0 Å². The fraction of sp³-hybridized carbons (Fsp3) is 0.756. The molecule has 11 unspecified atom stereocenters. The van der Waals surface area contributed by atoms with Gasteiger partial charge < -0.3 is 5.11 Å². The van der Waals surface area contributed by atoms with Crippen LogP contribution in [0.1, 0.15) is 131 Å². The van der Waals surface area contributed by atoms with E-state index in [1.54, 1.807) is 18.2 Å². The zero-order chi connectivity index (χ0) is 37.6. The van der Waals surface area contributed by atoms with Gasteiger partial charge in [-0.25, -0.2) is 0 Å². The summed E-state index contributed by atoms with van der Waals surface area (Å²) in [6, 6.07) is 4.84. The van der Waals surface area contributed by atoms with Crippen LogP contribution in [0, 0.1) is 74.9 Å². The van der Waals surface area contributed by atoms with E-state index in [-0.39, 0.29) is 69.0 Å². The Morgan fingerprint density at radius 1 is 0.923 bits per heavy atom.